The van der Waals surface area contributed by atoms with E-state index >= 15 is 0 Å². The topological polar surface area (TPSA) is 84.9 Å². The maximum absolute atomic E-state index is 13.5. The van der Waals surface area contributed by atoms with Crippen molar-refractivity contribution in [3.8, 4) is 11.5 Å². The average molecular weight is 521 g/mol. The standard InChI is InChI=1S/C24H25ClN2O5S2/c1-31-19-10-13-23(32-2)22(16-19)27(34(29,30)21-6-4-3-5-7-21)17-24(28)26-14-15-33-20-11-8-18(25)9-12-20/h3-13,16H,14-15,17H2,1-2H3,(H,26,28). The molecule has 0 aliphatic rings. The Balaban J connectivity index is 1.79. The molecule has 3 aromatic rings. The number of benzene rings is 3. The highest BCUT2D eigenvalue weighted by Crippen LogP contribution is 2.35. The molecule has 0 bridgehead atoms. The van der Waals surface area contributed by atoms with Crippen LogP contribution in [-0.2, 0) is 14.8 Å². The van der Waals surface area contributed by atoms with Gasteiger partial charge in [-0.3, -0.25) is 9.10 Å². The highest BCUT2D eigenvalue weighted by molar-refractivity contribution is 7.99. The molecule has 0 radical (unpaired) electrons. The number of rotatable bonds is 11. The van der Waals surface area contributed by atoms with Gasteiger partial charge in [0.2, 0.25) is 5.91 Å². The smallest absolute Gasteiger partial charge is 0.264 e. The summed E-state index contributed by atoms with van der Waals surface area (Å²) >= 11 is 7.46. The Hall–Kier alpha value is -2.88. The lowest BCUT2D eigenvalue weighted by Crippen LogP contribution is -2.41. The van der Waals surface area contributed by atoms with Crippen LogP contribution in [0.2, 0.25) is 5.02 Å². The summed E-state index contributed by atoms with van der Waals surface area (Å²) in [5.74, 6) is 0.901. The molecule has 1 N–H and O–H groups in total. The minimum atomic E-state index is -4.07. The molecule has 0 heterocycles. The molecule has 0 saturated carbocycles. The highest BCUT2D eigenvalue weighted by atomic mass is 35.5. The van der Waals surface area contributed by atoms with Crippen molar-refractivity contribution in [2.24, 2.45) is 0 Å². The van der Waals surface area contributed by atoms with Gasteiger partial charge in [-0.2, -0.15) is 0 Å². The van der Waals surface area contributed by atoms with Gasteiger partial charge in [0.15, 0.2) is 0 Å². The Labute approximate surface area is 209 Å². The molecule has 3 aromatic carbocycles. The largest absolute Gasteiger partial charge is 0.497 e. The molecule has 3 rings (SSSR count). The number of halogens is 1. The van der Waals surface area contributed by atoms with Crippen molar-refractivity contribution >= 4 is 45.0 Å². The van der Waals surface area contributed by atoms with Crippen molar-refractivity contribution in [1.82, 2.24) is 5.32 Å². The molecule has 0 saturated heterocycles. The zero-order valence-electron chi connectivity index (χ0n) is 18.7. The number of carbonyl (C=O) groups excluding carboxylic acids is 1. The summed E-state index contributed by atoms with van der Waals surface area (Å²) in [6.07, 6.45) is 0. The second kappa shape index (κ2) is 12.0. The number of hydrogen-bond acceptors (Lipinski definition) is 6. The van der Waals surface area contributed by atoms with Gasteiger partial charge in [-0.1, -0.05) is 29.8 Å². The van der Waals surface area contributed by atoms with Crippen LogP contribution in [0.25, 0.3) is 0 Å². The second-order valence-electron chi connectivity index (χ2n) is 7.01. The molecule has 7 nitrogen and oxygen atoms in total. The van der Waals surface area contributed by atoms with E-state index in [2.05, 4.69) is 5.32 Å². The molecule has 10 heteroatoms. The predicted octanol–water partition coefficient (Wildman–Crippen LogP) is 4.46. The Morgan fingerprint density at radius 3 is 2.35 bits per heavy atom. The van der Waals surface area contributed by atoms with E-state index in [1.165, 1.54) is 32.4 Å². The third-order valence-electron chi connectivity index (χ3n) is 4.78. The maximum Gasteiger partial charge on any atom is 0.264 e. The number of nitrogens with zero attached hydrogens (tertiary/aromatic N) is 1. The molecule has 0 aliphatic heterocycles. The number of amides is 1. The van der Waals surface area contributed by atoms with Gasteiger partial charge in [-0.15, -0.1) is 11.8 Å². The van der Waals surface area contributed by atoms with Crippen LogP contribution in [0, 0.1) is 0 Å². The van der Waals surface area contributed by atoms with E-state index in [0.717, 1.165) is 9.20 Å². The predicted molar refractivity (Wildman–Crippen MR) is 136 cm³/mol. The first kappa shape index (κ1) is 25.7. The van der Waals surface area contributed by atoms with Crippen molar-refractivity contribution in [3.05, 3.63) is 77.8 Å². The number of anilines is 1. The Bertz CT molecular complexity index is 1210. The summed E-state index contributed by atoms with van der Waals surface area (Å²) < 4.78 is 38.7. The third-order valence-corrected chi connectivity index (χ3v) is 7.82. The molecule has 0 unspecified atom stereocenters. The van der Waals surface area contributed by atoms with Crippen LogP contribution in [0.5, 0.6) is 11.5 Å². The molecular weight excluding hydrogens is 496 g/mol. The second-order valence-corrected chi connectivity index (χ2v) is 10.5. The van der Waals surface area contributed by atoms with Crippen LogP contribution in [0.3, 0.4) is 0 Å². The number of hydrogen-bond donors (Lipinski definition) is 1. The van der Waals surface area contributed by atoms with Crippen LogP contribution in [0.4, 0.5) is 5.69 Å². The minimum Gasteiger partial charge on any atom is -0.497 e. The first-order chi connectivity index (χ1) is 16.3. The molecule has 0 atom stereocenters. The lowest BCUT2D eigenvalue weighted by molar-refractivity contribution is -0.119. The maximum atomic E-state index is 13.5. The molecule has 180 valence electrons. The lowest BCUT2D eigenvalue weighted by Gasteiger charge is -2.26. The van der Waals surface area contributed by atoms with E-state index in [1.807, 2.05) is 12.1 Å². The average Bonchev–Trinajstić information content (AvgIpc) is 2.86. The number of ether oxygens (including phenoxy) is 2. The Morgan fingerprint density at radius 1 is 1.00 bits per heavy atom. The van der Waals surface area contributed by atoms with Crippen LogP contribution in [0.1, 0.15) is 0 Å². The first-order valence-corrected chi connectivity index (χ1v) is 13.1. The Morgan fingerprint density at radius 2 is 1.71 bits per heavy atom. The van der Waals surface area contributed by atoms with Crippen LogP contribution in [-0.4, -0.2) is 47.4 Å². The monoisotopic (exact) mass is 520 g/mol. The van der Waals surface area contributed by atoms with Crippen molar-refractivity contribution in [3.63, 3.8) is 0 Å². The van der Waals surface area contributed by atoms with Crippen LogP contribution < -0.4 is 19.1 Å². The molecule has 0 spiro atoms. The number of carbonyl (C=O) groups is 1. The van der Waals surface area contributed by atoms with E-state index in [4.69, 9.17) is 21.1 Å². The molecular formula is C24H25ClN2O5S2. The summed E-state index contributed by atoms with van der Waals surface area (Å²) in [6.45, 7) is -0.0625. The van der Waals surface area contributed by atoms with E-state index in [1.54, 1.807) is 54.2 Å². The Kier molecular flexibility index (Phi) is 9.09. The van der Waals surface area contributed by atoms with Gasteiger partial charge in [0.1, 0.15) is 18.0 Å². The fourth-order valence-electron chi connectivity index (χ4n) is 3.09. The molecule has 1 amide bonds. The van der Waals surface area contributed by atoms with Gasteiger partial charge in [0.25, 0.3) is 10.0 Å². The number of sulfonamides is 1. The lowest BCUT2D eigenvalue weighted by atomic mass is 10.2. The SMILES string of the molecule is COc1ccc(OC)c(N(CC(=O)NCCSc2ccc(Cl)cc2)S(=O)(=O)c2ccccc2)c1. The molecule has 34 heavy (non-hydrogen) atoms. The van der Waals surface area contributed by atoms with Crippen molar-refractivity contribution in [2.45, 2.75) is 9.79 Å². The first-order valence-electron chi connectivity index (χ1n) is 10.3. The summed E-state index contributed by atoms with van der Waals surface area (Å²) in [6, 6.07) is 20.1. The van der Waals surface area contributed by atoms with E-state index in [0.29, 0.717) is 28.8 Å². The number of thioether (sulfide) groups is 1. The fourth-order valence-corrected chi connectivity index (χ4v) is 5.43. The van der Waals surface area contributed by atoms with Crippen molar-refractivity contribution in [2.75, 3.05) is 37.4 Å². The van der Waals surface area contributed by atoms with Gasteiger partial charge in [-0.25, -0.2) is 8.42 Å². The van der Waals surface area contributed by atoms with Crippen LogP contribution in [0.15, 0.2) is 82.6 Å². The van der Waals surface area contributed by atoms with E-state index in [9.17, 15) is 13.2 Å². The molecule has 0 aromatic heterocycles. The summed E-state index contributed by atoms with van der Waals surface area (Å²) in [5, 5.41) is 3.45. The summed E-state index contributed by atoms with van der Waals surface area (Å²) in [7, 11) is -1.15. The van der Waals surface area contributed by atoms with Crippen molar-refractivity contribution < 1.29 is 22.7 Å². The van der Waals surface area contributed by atoms with E-state index in [-0.39, 0.29) is 10.6 Å². The van der Waals surface area contributed by atoms with Gasteiger partial charge in [-0.05, 0) is 48.5 Å². The molecule has 0 aliphatic carbocycles. The fraction of sp³-hybridized carbons (Fsp3) is 0.208. The van der Waals surface area contributed by atoms with Crippen molar-refractivity contribution in [1.29, 1.82) is 0 Å². The summed E-state index contributed by atoms with van der Waals surface area (Å²) in [5.41, 5.74) is 0.205. The summed E-state index contributed by atoms with van der Waals surface area (Å²) in [4.78, 5) is 13.9. The van der Waals surface area contributed by atoms with Gasteiger partial charge < -0.3 is 14.8 Å². The zero-order valence-corrected chi connectivity index (χ0v) is 21.1. The highest BCUT2D eigenvalue weighted by Gasteiger charge is 2.29. The van der Waals surface area contributed by atoms with Crippen LogP contribution >= 0.6 is 23.4 Å². The van der Waals surface area contributed by atoms with Gasteiger partial charge >= 0.3 is 0 Å². The van der Waals surface area contributed by atoms with E-state index < -0.39 is 22.5 Å². The molecule has 0 fully saturated rings. The number of methoxy groups -OCH3 is 2. The third kappa shape index (κ3) is 6.59. The van der Waals surface area contributed by atoms with Gasteiger partial charge in [0.05, 0.1) is 24.8 Å². The normalized spacial score (nSPS) is 11.0. The zero-order chi connectivity index (χ0) is 24.6. The number of nitrogens with one attached hydrogen (secondary N) is 1. The van der Waals surface area contributed by atoms with Gasteiger partial charge in [0, 0.05) is 28.3 Å². The minimum absolute atomic E-state index is 0.0611. The quantitative estimate of drug-likeness (QED) is 0.297.